The van der Waals surface area contributed by atoms with E-state index in [1.54, 1.807) is 12.4 Å². The number of anilines is 1. The lowest BCUT2D eigenvalue weighted by Crippen LogP contribution is -2.18. The maximum atomic E-state index is 4.62. The van der Waals surface area contributed by atoms with E-state index in [-0.39, 0.29) is 0 Å². The standard InChI is InChI=1S/C21H22N6/c1-16-12-17(4-5-19(16)25-8-2-3-9-25)21-23-7-10-26(21)15-18-13-24-20-14-22-6-11-27(18)20/h4-7,10-14H,2-3,8-9,15H2,1H3. The minimum Gasteiger partial charge on any atom is -0.371 e. The van der Waals surface area contributed by atoms with E-state index in [4.69, 9.17) is 0 Å². The van der Waals surface area contributed by atoms with Gasteiger partial charge in [-0.25, -0.2) is 9.97 Å². The maximum Gasteiger partial charge on any atom is 0.155 e. The smallest absolute Gasteiger partial charge is 0.155 e. The lowest BCUT2D eigenvalue weighted by molar-refractivity contribution is 0.772. The lowest BCUT2D eigenvalue weighted by atomic mass is 10.1. The minimum absolute atomic E-state index is 0.716. The number of nitrogens with zero attached hydrogens (tertiary/aromatic N) is 6. The SMILES string of the molecule is Cc1cc(-c2nccn2Cc2cnc3cnccn23)ccc1N1CCCC1. The molecule has 0 radical (unpaired) electrons. The van der Waals surface area contributed by atoms with Gasteiger partial charge >= 0.3 is 0 Å². The van der Waals surface area contributed by atoms with Crippen LogP contribution in [0.1, 0.15) is 24.1 Å². The Morgan fingerprint density at radius 2 is 1.89 bits per heavy atom. The van der Waals surface area contributed by atoms with Crippen LogP contribution >= 0.6 is 0 Å². The van der Waals surface area contributed by atoms with Gasteiger partial charge in [-0.2, -0.15) is 0 Å². The normalized spacial score (nSPS) is 14.3. The van der Waals surface area contributed by atoms with Crippen LogP contribution in [-0.2, 0) is 6.54 Å². The van der Waals surface area contributed by atoms with E-state index in [2.05, 4.69) is 53.9 Å². The lowest BCUT2D eigenvalue weighted by Gasteiger charge is -2.20. The number of hydrogen-bond donors (Lipinski definition) is 0. The highest BCUT2D eigenvalue weighted by Crippen LogP contribution is 2.29. The molecule has 0 amide bonds. The molecule has 0 aliphatic carbocycles. The molecule has 0 unspecified atom stereocenters. The number of aromatic nitrogens is 5. The predicted octanol–water partition coefficient (Wildman–Crippen LogP) is 3.55. The summed E-state index contributed by atoms with van der Waals surface area (Å²) in [5.41, 5.74) is 5.78. The average Bonchev–Trinajstić information content (AvgIpc) is 3.43. The van der Waals surface area contributed by atoms with Gasteiger partial charge in [0.25, 0.3) is 0 Å². The first kappa shape index (κ1) is 16.1. The summed E-state index contributed by atoms with van der Waals surface area (Å²) in [6.07, 6.45) is 13.9. The van der Waals surface area contributed by atoms with Crippen LogP contribution in [0, 0.1) is 6.92 Å². The molecule has 136 valence electrons. The van der Waals surface area contributed by atoms with Gasteiger partial charge < -0.3 is 9.47 Å². The van der Waals surface area contributed by atoms with Gasteiger partial charge in [-0.15, -0.1) is 0 Å². The van der Waals surface area contributed by atoms with Crippen molar-refractivity contribution >= 4 is 11.3 Å². The van der Waals surface area contributed by atoms with E-state index in [9.17, 15) is 0 Å². The monoisotopic (exact) mass is 358 g/mol. The second kappa shape index (κ2) is 6.54. The van der Waals surface area contributed by atoms with Gasteiger partial charge in [-0.1, -0.05) is 0 Å². The van der Waals surface area contributed by atoms with Crippen molar-refractivity contribution in [3.63, 3.8) is 0 Å². The first-order valence-corrected chi connectivity index (χ1v) is 9.43. The van der Waals surface area contributed by atoms with Crippen LogP contribution in [0.2, 0.25) is 0 Å². The first-order chi connectivity index (χ1) is 13.3. The summed E-state index contributed by atoms with van der Waals surface area (Å²) in [7, 11) is 0. The number of fused-ring (bicyclic) bond motifs is 1. The zero-order valence-electron chi connectivity index (χ0n) is 15.4. The Balaban J connectivity index is 1.47. The summed E-state index contributed by atoms with van der Waals surface area (Å²) >= 11 is 0. The van der Waals surface area contributed by atoms with Crippen molar-refractivity contribution < 1.29 is 0 Å². The molecule has 3 aromatic heterocycles. The fraction of sp³-hybridized carbons (Fsp3) is 0.286. The zero-order chi connectivity index (χ0) is 18.2. The van der Waals surface area contributed by atoms with Crippen LogP contribution in [0.25, 0.3) is 17.0 Å². The van der Waals surface area contributed by atoms with Gasteiger partial charge in [-0.3, -0.25) is 9.38 Å². The Morgan fingerprint density at radius 1 is 1.00 bits per heavy atom. The predicted molar refractivity (Wildman–Crippen MR) is 106 cm³/mol. The third-order valence-electron chi connectivity index (χ3n) is 5.34. The molecule has 5 rings (SSSR count). The number of benzene rings is 1. The van der Waals surface area contributed by atoms with Gasteiger partial charge in [0.1, 0.15) is 5.82 Å². The molecule has 0 spiro atoms. The van der Waals surface area contributed by atoms with Crippen LogP contribution in [-0.4, -0.2) is 37.0 Å². The summed E-state index contributed by atoms with van der Waals surface area (Å²) in [6, 6.07) is 6.69. The Kier molecular flexibility index (Phi) is 3.89. The van der Waals surface area contributed by atoms with E-state index >= 15 is 0 Å². The van der Waals surface area contributed by atoms with Crippen LogP contribution in [0.4, 0.5) is 5.69 Å². The van der Waals surface area contributed by atoms with E-state index in [1.165, 1.54) is 24.1 Å². The molecule has 1 fully saturated rings. The van der Waals surface area contributed by atoms with Crippen molar-refractivity contribution in [3.8, 4) is 11.4 Å². The molecule has 1 aliphatic rings. The quantitative estimate of drug-likeness (QED) is 0.560. The summed E-state index contributed by atoms with van der Waals surface area (Å²) in [6.45, 7) is 5.24. The van der Waals surface area contributed by atoms with Crippen molar-refractivity contribution in [1.82, 2.24) is 23.9 Å². The number of rotatable bonds is 4. The number of aryl methyl sites for hydroxylation is 1. The maximum absolute atomic E-state index is 4.62. The Bertz CT molecular complexity index is 1090. The molecule has 0 N–H and O–H groups in total. The largest absolute Gasteiger partial charge is 0.371 e. The van der Waals surface area contributed by atoms with Gasteiger partial charge in [-0.05, 0) is 43.5 Å². The summed E-state index contributed by atoms with van der Waals surface area (Å²) in [5.74, 6) is 0.982. The molecule has 27 heavy (non-hydrogen) atoms. The van der Waals surface area contributed by atoms with Crippen molar-refractivity contribution in [2.75, 3.05) is 18.0 Å². The van der Waals surface area contributed by atoms with Crippen LogP contribution in [0.5, 0.6) is 0 Å². The third-order valence-corrected chi connectivity index (χ3v) is 5.34. The average molecular weight is 358 g/mol. The van der Waals surface area contributed by atoms with Crippen LogP contribution in [0.3, 0.4) is 0 Å². The molecule has 6 nitrogen and oxygen atoms in total. The fourth-order valence-corrected chi connectivity index (χ4v) is 3.99. The topological polar surface area (TPSA) is 51.3 Å². The Hall–Kier alpha value is -3.15. The molecular formula is C21H22N6. The molecule has 1 saturated heterocycles. The van der Waals surface area contributed by atoms with Gasteiger partial charge in [0.05, 0.1) is 24.6 Å². The van der Waals surface area contributed by atoms with Gasteiger partial charge in [0, 0.05) is 49.1 Å². The van der Waals surface area contributed by atoms with Crippen molar-refractivity contribution in [3.05, 3.63) is 66.6 Å². The number of hydrogen-bond acceptors (Lipinski definition) is 4. The van der Waals surface area contributed by atoms with E-state index in [0.717, 1.165) is 35.8 Å². The highest BCUT2D eigenvalue weighted by Gasteiger charge is 2.16. The van der Waals surface area contributed by atoms with Crippen molar-refractivity contribution in [2.24, 2.45) is 0 Å². The molecular weight excluding hydrogens is 336 g/mol. The zero-order valence-corrected chi connectivity index (χ0v) is 15.4. The van der Waals surface area contributed by atoms with E-state index in [1.807, 2.05) is 24.8 Å². The second-order valence-corrected chi connectivity index (χ2v) is 7.13. The van der Waals surface area contributed by atoms with E-state index < -0.39 is 0 Å². The fourth-order valence-electron chi connectivity index (χ4n) is 3.99. The molecule has 1 aliphatic heterocycles. The minimum atomic E-state index is 0.716. The molecule has 0 bridgehead atoms. The highest BCUT2D eigenvalue weighted by atomic mass is 15.1. The molecule has 0 atom stereocenters. The second-order valence-electron chi connectivity index (χ2n) is 7.13. The number of imidazole rings is 2. The van der Waals surface area contributed by atoms with Crippen molar-refractivity contribution in [2.45, 2.75) is 26.3 Å². The Labute approximate surface area is 158 Å². The Morgan fingerprint density at radius 3 is 2.74 bits per heavy atom. The third kappa shape index (κ3) is 2.87. The molecule has 1 aromatic carbocycles. The highest BCUT2D eigenvalue weighted by molar-refractivity contribution is 5.65. The summed E-state index contributed by atoms with van der Waals surface area (Å²) < 4.78 is 4.24. The molecule has 4 aromatic rings. The molecule has 6 heteroatoms. The van der Waals surface area contributed by atoms with Crippen LogP contribution in [0.15, 0.2) is 55.4 Å². The summed E-state index contributed by atoms with van der Waals surface area (Å²) in [5, 5.41) is 0. The molecule has 0 saturated carbocycles. The van der Waals surface area contributed by atoms with Gasteiger partial charge in [0.15, 0.2) is 5.65 Å². The first-order valence-electron chi connectivity index (χ1n) is 9.43. The van der Waals surface area contributed by atoms with Crippen molar-refractivity contribution in [1.29, 1.82) is 0 Å². The van der Waals surface area contributed by atoms with E-state index in [0.29, 0.717) is 6.54 Å². The summed E-state index contributed by atoms with van der Waals surface area (Å²) in [4.78, 5) is 15.7. The van der Waals surface area contributed by atoms with Crippen LogP contribution < -0.4 is 4.90 Å². The molecule has 4 heterocycles. The van der Waals surface area contributed by atoms with Gasteiger partial charge in [0.2, 0.25) is 0 Å².